The standard InChI is InChI=1S/C16H29NO/c1-15(2,3)12-6-7-14-13(10-12)17-11-16(18-14)8-4-5-9-16/h12-14,17H,4-11H2,1-3H3. The fraction of sp³-hybridized carbons (Fsp3) is 1.00. The van der Waals surface area contributed by atoms with Crippen molar-refractivity contribution in [3.63, 3.8) is 0 Å². The molecule has 1 heterocycles. The minimum Gasteiger partial charge on any atom is -0.369 e. The first-order chi connectivity index (χ1) is 8.49. The van der Waals surface area contributed by atoms with Crippen molar-refractivity contribution in [1.29, 1.82) is 0 Å². The summed E-state index contributed by atoms with van der Waals surface area (Å²) in [7, 11) is 0. The van der Waals surface area contributed by atoms with Crippen LogP contribution < -0.4 is 5.32 Å². The number of fused-ring (bicyclic) bond motifs is 1. The summed E-state index contributed by atoms with van der Waals surface area (Å²) >= 11 is 0. The van der Waals surface area contributed by atoms with E-state index in [1.165, 1.54) is 44.9 Å². The second kappa shape index (κ2) is 4.49. The van der Waals surface area contributed by atoms with Gasteiger partial charge in [-0.05, 0) is 43.4 Å². The van der Waals surface area contributed by atoms with Gasteiger partial charge in [0.1, 0.15) is 0 Å². The summed E-state index contributed by atoms with van der Waals surface area (Å²) in [5.41, 5.74) is 0.672. The molecular weight excluding hydrogens is 222 g/mol. The summed E-state index contributed by atoms with van der Waals surface area (Å²) in [5, 5.41) is 3.83. The summed E-state index contributed by atoms with van der Waals surface area (Å²) in [5.74, 6) is 0.854. The molecule has 3 unspecified atom stereocenters. The van der Waals surface area contributed by atoms with Crippen LogP contribution >= 0.6 is 0 Å². The summed E-state index contributed by atoms with van der Waals surface area (Å²) in [4.78, 5) is 0. The van der Waals surface area contributed by atoms with Crippen LogP contribution in [-0.2, 0) is 4.74 Å². The number of morpholine rings is 1. The Bertz CT molecular complexity index is 301. The summed E-state index contributed by atoms with van der Waals surface area (Å²) in [6.45, 7) is 8.27. The Labute approximate surface area is 112 Å². The molecule has 104 valence electrons. The zero-order valence-electron chi connectivity index (χ0n) is 12.3. The molecule has 0 aromatic heterocycles. The van der Waals surface area contributed by atoms with Crippen molar-refractivity contribution < 1.29 is 4.74 Å². The maximum atomic E-state index is 6.54. The molecule has 3 rings (SSSR count). The van der Waals surface area contributed by atoms with Crippen molar-refractivity contribution >= 4 is 0 Å². The molecule has 0 bridgehead atoms. The van der Waals surface area contributed by atoms with Crippen LogP contribution in [0.4, 0.5) is 0 Å². The molecule has 0 radical (unpaired) electrons. The first kappa shape index (κ1) is 12.9. The lowest BCUT2D eigenvalue weighted by Crippen LogP contribution is -2.60. The van der Waals surface area contributed by atoms with E-state index in [1.54, 1.807) is 0 Å². The molecule has 0 aromatic rings. The number of ether oxygens (including phenoxy) is 1. The van der Waals surface area contributed by atoms with E-state index in [0.29, 0.717) is 17.6 Å². The lowest BCUT2D eigenvalue weighted by molar-refractivity contribution is -0.150. The molecule has 1 aliphatic heterocycles. The highest BCUT2D eigenvalue weighted by Gasteiger charge is 2.46. The van der Waals surface area contributed by atoms with Crippen molar-refractivity contribution in [1.82, 2.24) is 5.32 Å². The van der Waals surface area contributed by atoms with Gasteiger partial charge in [0.15, 0.2) is 0 Å². The van der Waals surface area contributed by atoms with Crippen LogP contribution in [0.5, 0.6) is 0 Å². The van der Waals surface area contributed by atoms with Crippen LogP contribution in [0.1, 0.15) is 65.7 Å². The van der Waals surface area contributed by atoms with E-state index in [9.17, 15) is 0 Å². The normalized spacial score (nSPS) is 39.8. The van der Waals surface area contributed by atoms with Crippen LogP contribution in [0.2, 0.25) is 0 Å². The average molecular weight is 251 g/mol. The molecule has 2 aliphatic carbocycles. The van der Waals surface area contributed by atoms with Gasteiger partial charge in [0.2, 0.25) is 0 Å². The summed E-state index contributed by atoms with van der Waals surface area (Å²) in [6.07, 6.45) is 9.72. The van der Waals surface area contributed by atoms with Crippen molar-refractivity contribution in [2.45, 2.75) is 83.5 Å². The molecule has 0 amide bonds. The van der Waals surface area contributed by atoms with Gasteiger partial charge in [0.25, 0.3) is 0 Å². The molecule has 1 N–H and O–H groups in total. The largest absolute Gasteiger partial charge is 0.369 e. The van der Waals surface area contributed by atoms with E-state index >= 15 is 0 Å². The maximum absolute atomic E-state index is 6.54. The van der Waals surface area contributed by atoms with E-state index < -0.39 is 0 Å². The molecule has 18 heavy (non-hydrogen) atoms. The van der Waals surface area contributed by atoms with Crippen molar-refractivity contribution in [2.75, 3.05) is 6.54 Å². The Morgan fingerprint density at radius 2 is 1.83 bits per heavy atom. The minimum absolute atomic E-state index is 0.218. The van der Waals surface area contributed by atoms with E-state index in [0.717, 1.165) is 12.5 Å². The van der Waals surface area contributed by atoms with Gasteiger partial charge in [0.05, 0.1) is 11.7 Å². The van der Waals surface area contributed by atoms with Gasteiger partial charge in [-0.15, -0.1) is 0 Å². The fourth-order valence-corrected chi connectivity index (χ4v) is 4.28. The molecule has 2 saturated carbocycles. The van der Waals surface area contributed by atoms with Gasteiger partial charge in [-0.3, -0.25) is 0 Å². The Kier molecular flexibility index (Phi) is 3.22. The van der Waals surface area contributed by atoms with E-state index in [2.05, 4.69) is 26.1 Å². The lowest BCUT2D eigenvalue weighted by atomic mass is 9.69. The molecule has 2 nitrogen and oxygen atoms in total. The van der Waals surface area contributed by atoms with Crippen LogP contribution in [0.3, 0.4) is 0 Å². The Morgan fingerprint density at radius 1 is 1.11 bits per heavy atom. The smallest absolute Gasteiger partial charge is 0.0810 e. The first-order valence-electron chi connectivity index (χ1n) is 7.90. The predicted octanol–water partition coefficient (Wildman–Crippen LogP) is 3.50. The third-order valence-corrected chi connectivity index (χ3v) is 5.61. The van der Waals surface area contributed by atoms with Crippen molar-refractivity contribution in [3.8, 4) is 0 Å². The molecule has 0 aromatic carbocycles. The highest BCUT2D eigenvalue weighted by atomic mass is 16.5. The summed E-state index contributed by atoms with van der Waals surface area (Å²) < 4.78 is 6.54. The molecule has 3 aliphatic rings. The van der Waals surface area contributed by atoms with E-state index in [1.807, 2.05) is 0 Å². The number of rotatable bonds is 0. The van der Waals surface area contributed by atoms with Crippen LogP contribution in [0.25, 0.3) is 0 Å². The van der Waals surface area contributed by atoms with Crippen LogP contribution in [0.15, 0.2) is 0 Å². The highest BCUT2D eigenvalue weighted by Crippen LogP contribution is 2.44. The molecule has 1 saturated heterocycles. The molecule has 3 atom stereocenters. The quantitative estimate of drug-likeness (QED) is 0.711. The lowest BCUT2D eigenvalue weighted by Gasteiger charge is -2.49. The average Bonchev–Trinajstić information content (AvgIpc) is 2.75. The van der Waals surface area contributed by atoms with Crippen LogP contribution in [0, 0.1) is 11.3 Å². The van der Waals surface area contributed by atoms with Gasteiger partial charge in [-0.25, -0.2) is 0 Å². The zero-order chi connectivity index (χ0) is 12.8. The second-order valence-corrected chi connectivity index (χ2v) is 7.91. The molecular formula is C16H29NO. The molecule has 2 heteroatoms. The van der Waals surface area contributed by atoms with Crippen LogP contribution in [-0.4, -0.2) is 24.3 Å². The third-order valence-electron chi connectivity index (χ3n) is 5.61. The molecule has 3 fully saturated rings. The number of hydrogen-bond acceptors (Lipinski definition) is 2. The maximum Gasteiger partial charge on any atom is 0.0810 e. The van der Waals surface area contributed by atoms with Gasteiger partial charge in [-0.2, -0.15) is 0 Å². The fourth-order valence-electron chi connectivity index (χ4n) is 4.28. The van der Waals surface area contributed by atoms with Gasteiger partial charge >= 0.3 is 0 Å². The highest BCUT2D eigenvalue weighted by molar-refractivity contribution is 5.00. The third kappa shape index (κ3) is 2.34. The topological polar surface area (TPSA) is 21.3 Å². The first-order valence-corrected chi connectivity index (χ1v) is 7.90. The number of hydrogen-bond donors (Lipinski definition) is 1. The Hall–Kier alpha value is -0.0800. The van der Waals surface area contributed by atoms with Crippen molar-refractivity contribution in [3.05, 3.63) is 0 Å². The summed E-state index contributed by atoms with van der Waals surface area (Å²) in [6, 6.07) is 0.620. The van der Waals surface area contributed by atoms with Gasteiger partial charge < -0.3 is 10.1 Å². The molecule has 1 spiro atoms. The predicted molar refractivity (Wildman–Crippen MR) is 74.7 cm³/mol. The second-order valence-electron chi connectivity index (χ2n) is 7.91. The Morgan fingerprint density at radius 3 is 2.50 bits per heavy atom. The van der Waals surface area contributed by atoms with Crippen molar-refractivity contribution in [2.24, 2.45) is 11.3 Å². The zero-order valence-corrected chi connectivity index (χ0v) is 12.3. The van der Waals surface area contributed by atoms with Gasteiger partial charge in [0, 0.05) is 12.6 Å². The Balaban J connectivity index is 1.64. The SMILES string of the molecule is CC(C)(C)C1CCC2OC3(CCCC3)CNC2C1. The minimum atomic E-state index is 0.218. The number of nitrogens with one attached hydrogen (secondary N) is 1. The monoisotopic (exact) mass is 251 g/mol. The van der Waals surface area contributed by atoms with Gasteiger partial charge in [-0.1, -0.05) is 33.6 Å². The van der Waals surface area contributed by atoms with E-state index in [4.69, 9.17) is 4.74 Å². The van der Waals surface area contributed by atoms with E-state index in [-0.39, 0.29) is 5.60 Å².